The van der Waals surface area contributed by atoms with E-state index in [1.54, 1.807) is 24.3 Å². The number of para-hydroxylation sites is 1. The Morgan fingerprint density at radius 2 is 1.91 bits per heavy atom. The van der Waals surface area contributed by atoms with Crippen molar-refractivity contribution in [1.82, 2.24) is 0 Å². The van der Waals surface area contributed by atoms with Crippen molar-refractivity contribution >= 4 is 23.2 Å². The van der Waals surface area contributed by atoms with Gasteiger partial charge in [-0.15, -0.1) is 0 Å². The quantitative estimate of drug-likeness (QED) is 0.807. The molecule has 1 atom stereocenters. The number of amides is 1. The van der Waals surface area contributed by atoms with Crippen LogP contribution in [-0.2, 0) is 16.1 Å². The molecule has 2 N–H and O–H groups in total. The van der Waals surface area contributed by atoms with Crippen LogP contribution in [0.3, 0.4) is 0 Å². The topological polar surface area (TPSA) is 58.6 Å². The zero-order chi connectivity index (χ0) is 16.7. The Morgan fingerprint density at radius 1 is 1.22 bits per heavy atom. The lowest BCUT2D eigenvalue weighted by atomic mass is 10.1. The minimum Gasteiger partial charge on any atom is -0.388 e. The molecule has 0 aromatic heterocycles. The first-order valence-corrected chi connectivity index (χ1v) is 7.87. The summed E-state index contributed by atoms with van der Waals surface area (Å²) in [5.41, 5.74) is 2.27. The number of halogens is 1. The van der Waals surface area contributed by atoms with Gasteiger partial charge < -0.3 is 15.2 Å². The van der Waals surface area contributed by atoms with Gasteiger partial charge in [0.15, 0.2) is 0 Å². The van der Waals surface area contributed by atoms with Gasteiger partial charge in [-0.1, -0.05) is 41.9 Å². The first-order chi connectivity index (χ1) is 11.1. The first kappa shape index (κ1) is 17.5. The van der Waals surface area contributed by atoms with Gasteiger partial charge in [0.2, 0.25) is 5.91 Å². The molecule has 0 radical (unpaired) electrons. The smallest absolute Gasteiger partial charge is 0.227 e. The fourth-order valence-corrected chi connectivity index (χ4v) is 2.29. The summed E-state index contributed by atoms with van der Waals surface area (Å²) >= 11 is 5.82. The van der Waals surface area contributed by atoms with Crippen LogP contribution in [0.1, 0.15) is 30.6 Å². The molecule has 2 aromatic carbocycles. The van der Waals surface area contributed by atoms with E-state index in [0.29, 0.717) is 29.5 Å². The highest BCUT2D eigenvalue weighted by molar-refractivity contribution is 6.30. The molecule has 5 heteroatoms. The number of carbonyl (C=O) groups is 1. The van der Waals surface area contributed by atoms with Crippen LogP contribution in [0.15, 0.2) is 48.5 Å². The SMILES string of the molecule is CCOCc1ccccc1NC(=O)CC(O)c1ccc(Cl)cc1. The summed E-state index contributed by atoms with van der Waals surface area (Å²) in [5, 5.41) is 13.6. The lowest BCUT2D eigenvalue weighted by molar-refractivity contribution is -0.118. The number of benzene rings is 2. The highest BCUT2D eigenvalue weighted by Gasteiger charge is 2.14. The molecule has 1 unspecified atom stereocenters. The van der Waals surface area contributed by atoms with Gasteiger partial charge in [0.25, 0.3) is 0 Å². The Labute approximate surface area is 141 Å². The molecule has 1 amide bonds. The summed E-state index contributed by atoms with van der Waals surface area (Å²) in [6.45, 7) is 2.97. The zero-order valence-electron chi connectivity index (χ0n) is 13.0. The third-order valence-corrected chi connectivity index (χ3v) is 3.64. The summed E-state index contributed by atoms with van der Waals surface area (Å²) in [7, 11) is 0. The number of aliphatic hydroxyl groups excluding tert-OH is 1. The molecule has 23 heavy (non-hydrogen) atoms. The van der Waals surface area contributed by atoms with Crippen LogP contribution in [0.4, 0.5) is 5.69 Å². The van der Waals surface area contributed by atoms with Crippen LogP contribution in [0, 0.1) is 0 Å². The number of nitrogens with one attached hydrogen (secondary N) is 1. The summed E-state index contributed by atoms with van der Waals surface area (Å²) in [4.78, 5) is 12.2. The molecule has 0 aliphatic rings. The highest BCUT2D eigenvalue weighted by Crippen LogP contribution is 2.21. The molecule has 0 fully saturated rings. The Kier molecular flexibility index (Phi) is 6.59. The summed E-state index contributed by atoms with van der Waals surface area (Å²) in [5.74, 6) is -0.253. The van der Waals surface area contributed by atoms with E-state index < -0.39 is 6.10 Å². The number of hydrogen-bond donors (Lipinski definition) is 2. The lowest BCUT2D eigenvalue weighted by Gasteiger charge is -2.14. The van der Waals surface area contributed by atoms with Crippen molar-refractivity contribution in [3.05, 3.63) is 64.7 Å². The largest absolute Gasteiger partial charge is 0.388 e. The number of ether oxygens (including phenoxy) is 1. The van der Waals surface area contributed by atoms with Crippen molar-refractivity contribution in [2.45, 2.75) is 26.1 Å². The fourth-order valence-electron chi connectivity index (χ4n) is 2.16. The zero-order valence-corrected chi connectivity index (χ0v) is 13.7. The molecule has 0 heterocycles. The molecule has 0 saturated carbocycles. The summed E-state index contributed by atoms with van der Waals surface area (Å²) < 4.78 is 5.39. The van der Waals surface area contributed by atoms with Crippen molar-refractivity contribution in [2.75, 3.05) is 11.9 Å². The molecule has 0 bridgehead atoms. The van der Waals surface area contributed by atoms with Gasteiger partial charge in [0, 0.05) is 22.9 Å². The fraction of sp³-hybridized carbons (Fsp3) is 0.278. The lowest BCUT2D eigenvalue weighted by Crippen LogP contribution is -2.16. The maximum Gasteiger partial charge on any atom is 0.227 e. The van der Waals surface area contributed by atoms with E-state index >= 15 is 0 Å². The van der Waals surface area contributed by atoms with Gasteiger partial charge in [-0.3, -0.25) is 4.79 Å². The number of rotatable bonds is 7. The van der Waals surface area contributed by atoms with Crippen molar-refractivity contribution in [3.8, 4) is 0 Å². The van der Waals surface area contributed by atoms with E-state index in [1.807, 2.05) is 31.2 Å². The third kappa shape index (κ3) is 5.36. The van der Waals surface area contributed by atoms with Gasteiger partial charge in [-0.25, -0.2) is 0 Å². The van der Waals surface area contributed by atoms with Crippen LogP contribution >= 0.6 is 11.6 Å². The molecule has 2 aromatic rings. The van der Waals surface area contributed by atoms with E-state index in [0.717, 1.165) is 5.56 Å². The second-order valence-corrected chi connectivity index (χ2v) is 5.55. The van der Waals surface area contributed by atoms with Crippen LogP contribution < -0.4 is 5.32 Å². The average Bonchev–Trinajstić information content (AvgIpc) is 2.54. The predicted molar refractivity (Wildman–Crippen MR) is 91.4 cm³/mol. The van der Waals surface area contributed by atoms with E-state index in [-0.39, 0.29) is 12.3 Å². The Morgan fingerprint density at radius 3 is 2.61 bits per heavy atom. The predicted octanol–water partition coefficient (Wildman–Crippen LogP) is 3.94. The monoisotopic (exact) mass is 333 g/mol. The van der Waals surface area contributed by atoms with Gasteiger partial charge in [-0.05, 0) is 30.7 Å². The molecule has 0 spiro atoms. The number of aliphatic hydroxyl groups is 1. The van der Waals surface area contributed by atoms with Crippen molar-refractivity contribution in [3.63, 3.8) is 0 Å². The van der Waals surface area contributed by atoms with E-state index in [1.165, 1.54) is 0 Å². The van der Waals surface area contributed by atoms with E-state index in [2.05, 4.69) is 5.32 Å². The van der Waals surface area contributed by atoms with Crippen LogP contribution in [0.5, 0.6) is 0 Å². The molecular formula is C18H20ClNO3. The van der Waals surface area contributed by atoms with Gasteiger partial charge in [0.05, 0.1) is 19.1 Å². The van der Waals surface area contributed by atoms with Gasteiger partial charge in [-0.2, -0.15) is 0 Å². The first-order valence-electron chi connectivity index (χ1n) is 7.49. The normalized spacial score (nSPS) is 12.0. The summed E-state index contributed by atoms with van der Waals surface area (Å²) in [6, 6.07) is 14.3. The third-order valence-electron chi connectivity index (χ3n) is 3.39. The molecule has 0 aliphatic carbocycles. The van der Waals surface area contributed by atoms with Crippen LogP contribution in [0.2, 0.25) is 5.02 Å². The number of hydrogen-bond acceptors (Lipinski definition) is 3. The minimum absolute atomic E-state index is 0.0232. The van der Waals surface area contributed by atoms with Gasteiger partial charge in [0.1, 0.15) is 0 Å². The highest BCUT2D eigenvalue weighted by atomic mass is 35.5. The standard InChI is InChI=1S/C18H20ClNO3/c1-2-23-12-14-5-3-4-6-16(14)20-18(22)11-17(21)13-7-9-15(19)10-8-13/h3-10,17,21H,2,11-12H2,1H3,(H,20,22). The Hall–Kier alpha value is -1.88. The molecule has 0 aliphatic heterocycles. The molecule has 2 rings (SSSR count). The van der Waals surface area contributed by atoms with E-state index in [9.17, 15) is 9.90 Å². The number of carbonyl (C=O) groups excluding carboxylic acids is 1. The maximum atomic E-state index is 12.2. The van der Waals surface area contributed by atoms with Crippen molar-refractivity contribution in [1.29, 1.82) is 0 Å². The Bertz CT molecular complexity index is 643. The second-order valence-electron chi connectivity index (χ2n) is 5.11. The Balaban J connectivity index is 1.98. The summed E-state index contributed by atoms with van der Waals surface area (Å²) in [6.07, 6.45) is -0.892. The molecule has 122 valence electrons. The molecular weight excluding hydrogens is 314 g/mol. The molecule has 0 saturated heterocycles. The second kappa shape index (κ2) is 8.67. The van der Waals surface area contributed by atoms with Crippen molar-refractivity contribution < 1.29 is 14.6 Å². The van der Waals surface area contributed by atoms with Gasteiger partial charge >= 0.3 is 0 Å². The minimum atomic E-state index is -0.869. The maximum absolute atomic E-state index is 12.2. The van der Waals surface area contributed by atoms with Crippen LogP contribution in [0.25, 0.3) is 0 Å². The molecule has 4 nitrogen and oxygen atoms in total. The average molecular weight is 334 g/mol. The van der Waals surface area contributed by atoms with E-state index in [4.69, 9.17) is 16.3 Å². The number of anilines is 1. The van der Waals surface area contributed by atoms with Crippen LogP contribution in [-0.4, -0.2) is 17.6 Å². The van der Waals surface area contributed by atoms with Crippen molar-refractivity contribution in [2.24, 2.45) is 0 Å².